The molecule has 16 heavy (non-hydrogen) atoms. The SMILES string of the molecule is CC[C](CCCC(F)(F)F)C(C)C(F)(F)F. The Bertz CT molecular complexity index is 192. The van der Waals surface area contributed by atoms with Crippen LogP contribution in [0, 0.1) is 11.8 Å². The lowest BCUT2D eigenvalue weighted by Crippen LogP contribution is -2.26. The first-order chi connectivity index (χ1) is 7.08. The number of halogens is 6. The first-order valence-electron chi connectivity index (χ1n) is 5.06. The van der Waals surface area contributed by atoms with Gasteiger partial charge in [0.1, 0.15) is 0 Å². The molecule has 0 fully saturated rings. The largest absolute Gasteiger partial charge is 0.392 e. The Hall–Kier alpha value is -0.420. The van der Waals surface area contributed by atoms with Gasteiger partial charge in [0, 0.05) is 6.42 Å². The third-order valence-corrected chi connectivity index (χ3v) is 2.52. The zero-order valence-corrected chi connectivity index (χ0v) is 9.17. The van der Waals surface area contributed by atoms with Gasteiger partial charge in [0.25, 0.3) is 0 Å². The highest BCUT2D eigenvalue weighted by Crippen LogP contribution is 2.37. The summed E-state index contributed by atoms with van der Waals surface area (Å²) in [4.78, 5) is 0. The maximum Gasteiger partial charge on any atom is 0.392 e. The topological polar surface area (TPSA) is 0 Å². The Balaban J connectivity index is 4.12. The molecule has 0 nitrogen and oxygen atoms in total. The molecule has 0 aromatic rings. The van der Waals surface area contributed by atoms with Crippen LogP contribution >= 0.6 is 0 Å². The van der Waals surface area contributed by atoms with Gasteiger partial charge in [-0.1, -0.05) is 13.8 Å². The Morgan fingerprint density at radius 2 is 1.56 bits per heavy atom. The average Bonchev–Trinajstić information content (AvgIpc) is 2.08. The molecule has 0 aliphatic rings. The molecular formula is C10H15F6. The van der Waals surface area contributed by atoms with Crippen LogP contribution in [0.5, 0.6) is 0 Å². The molecular weight excluding hydrogens is 234 g/mol. The number of rotatable bonds is 5. The lowest BCUT2D eigenvalue weighted by molar-refractivity contribution is -0.166. The number of hydrogen-bond acceptors (Lipinski definition) is 0. The molecule has 0 aliphatic carbocycles. The second-order valence-electron chi connectivity index (χ2n) is 3.74. The summed E-state index contributed by atoms with van der Waals surface area (Å²) < 4.78 is 72.4. The van der Waals surface area contributed by atoms with Crippen molar-refractivity contribution < 1.29 is 26.3 Å². The standard InChI is InChI=1S/C10H15F6/c1-3-8(7(2)10(14,15)16)5-4-6-9(11,12)13/h7H,3-6H2,1-2H3. The molecule has 0 saturated heterocycles. The van der Waals surface area contributed by atoms with E-state index in [1.54, 1.807) is 0 Å². The van der Waals surface area contributed by atoms with E-state index in [0.717, 1.165) is 6.92 Å². The van der Waals surface area contributed by atoms with E-state index in [2.05, 4.69) is 0 Å². The molecule has 0 spiro atoms. The van der Waals surface area contributed by atoms with Gasteiger partial charge < -0.3 is 0 Å². The van der Waals surface area contributed by atoms with Gasteiger partial charge in [-0.2, -0.15) is 26.3 Å². The van der Waals surface area contributed by atoms with E-state index in [1.165, 1.54) is 6.92 Å². The van der Waals surface area contributed by atoms with Crippen LogP contribution in [0.1, 0.15) is 39.5 Å². The van der Waals surface area contributed by atoms with Crippen molar-refractivity contribution >= 4 is 0 Å². The van der Waals surface area contributed by atoms with Crippen molar-refractivity contribution in [3.63, 3.8) is 0 Å². The monoisotopic (exact) mass is 249 g/mol. The Morgan fingerprint density at radius 1 is 1.06 bits per heavy atom. The Kier molecular flexibility index (Phi) is 5.62. The van der Waals surface area contributed by atoms with Crippen molar-refractivity contribution in [2.24, 2.45) is 5.92 Å². The van der Waals surface area contributed by atoms with Crippen LogP contribution in [0.2, 0.25) is 0 Å². The van der Waals surface area contributed by atoms with Crippen molar-refractivity contribution in [2.45, 2.75) is 51.9 Å². The van der Waals surface area contributed by atoms with Crippen molar-refractivity contribution in [3.05, 3.63) is 5.92 Å². The highest BCUT2D eigenvalue weighted by atomic mass is 19.4. The first kappa shape index (κ1) is 15.6. The number of hydrogen-bond donors (Lipinski definition) is 0. The smallest absolute Gasteiger partial charge is 0.171 e. The minimum Gasteiger partial charge on any atom is -0.171 e. The fourth-order valence-electron chi connectivity index (χ4n) is 1.45. The lowest BCUT2D eigenvalue weighted by Gasteiger charge is -2.24. The summed E-state index contributed by atoms with van der Waals surface area (Å²) in [6.07, 6.45) is -9.90. The summed E-state index contributed by atoms with van der Waals surface area (Å²) in [5.74, 6) is -1.48. The second-order valence-corrected chi connectivity index (χ2v) is 3.74. The highest BCUT2D eigenvalue weighted by Gasteiger charge is 2.40. The summed E-state index contributed by atoms with van der Waals surface area (Å²) in [6, 6.07) is 0. The van der Waals surface area contributed by atoms with E-state index < -0.39 is 24.7 Å². The van der Waals surface area contributed by atoms with Crippen molar-refractivity contribution in [1.29, 1.82) is 0 Å². The summed E-state index contributed by atoms with van der Waals surface area (Å²) in [5, 5.41) is 0. The van der Waals surface area contributed by atoms with Crippen LogP contribution in [-0.4, -0.2) is 12.4 Å². The van der Waals surface area contributed by atoms with E-state index in [9.17, 15) is 26.3 Å². The molecule has 0 aromatic heterocycles. The van der Waals surface area contributed by atoms with E-state index in [0.29, 0.717) is 0 Å². The van der Waals surface area contributed by atoms with Crippen molar-refractivity contribution in [2.75, 3.05) is 0 Å². The lowest BCUT2D eigenvalue weighted by atomic mass is 9.86. The van der Waals surface area contributed by atoms with Crippen LogP contribution < -0.4 is 0 Å². The van der Waals surface area contributed by atoms with Crippen molar-refractivity contribution in [3.8, 4) is 0 Å². The summed E-state index contributed by atoms with van der Waals surface area (Å²) in [5.41, 5.74) is 0. The van der Waals surface area contributed by atoms with Crippen LogP contribution in [0.4, 0.5) is 26.3 Å². The molecule has 0 N–H and O–H groups in total. The minimum atomic E-state index is -4.36. The molecule has 0 amide bonds. The van der Waals surface area contributed by atoms with Gasteiger partial charge in [0.2, 0.25) is 0 Å². The Morgan fingerprint density at radius 3 is 1.88 bits per heavy atom. The molecule has 0 aliphatic heterocycles. The predicted octanol–water partition coefficient (Wildman–Crippen LogP) is 4.90. The van der Waals surface area contributed by atoms with E-state index >= 15 is 0 Å². The van der Waals surface area contributed by atoms with Gasteiger partial charge in [-0.15, -0.1) is 0 Å². The van der Waals surface area contributed by atoms with Crippen LogP contribution in [0.25, 0.3) is 0 Å². The molecule has 0 rings (SSSR count). The quantitative estimate of drug-likeness (QED) is 0.608. The molecule has 97 valence electrons. The number of alkyl halides is 6. The van der Waals surface area contributed by atoms with Crippen LogP contribution in [0.15, 0.2) is 0 Å². The average molecular weight is 249 g/mol. The van der Waals surface area contributed by atoms with Gasteiger partial charge in [-0.05, 0) is 25.2 Å². The molecule has 0 aromatic carbocycles. The second kappa shape index (κ2) is 5.77. The highest BCUT2D eigenvalue weighted by molar-refractivity contribution is 4.96. The normalized spacial score (nSPS) is 15.6. The Labute approximate surface area is 91.0 Å². The third kappa shape index (κ3) is 6.23. The summed E-state index contributed by atoms with van der Waals surface area (Å²) >= 11 is 0. The molecule has 0 heterocycles. The minimum absolute atomic E-state index is 0.114. The molecule has 1 atom stereocenters. The van der Waals surface area contributed by atoms with E-state index in [-0.39, 0.29) is 25.2 Å². The summed E-state index contributed by atoms with van der Waals surface area (Å²) in [7, 11) is 0. The maximum atomic E-state index is 12.3. The van der Waals surface area contributed by atoms with E-state index in [1.807, 2.05) is 0 Å². The predicted molar refractivity (Wildman–Crippen MR) is 48.7 cm³/mol. The third-order valence-electron chi connectivity index (χ3n) is 2.52. The molecule has 0 saturated carbocycles. The zero-order chi connectivity index (χ0) is 13.0. The zero-order valence-electron chi connectivity index (χ0n) is 9.17. The van der Waals surface area contributed by atoms with Gasteiger partial charge in [-0.3, -0.25) is 0 Å². The molecule has 1 unspecified atom stereocenters. The van der Waals surface area contributed by atoms with Gasteiger partial charge in [0.05, 0.1) is 5.92 Å². The molecule has 1 radical (unpaired) electrons. The molecule has 6 heteroatoms. The fraction of sp³-hybridized carbons (Fsp3) is 0.900. The van der Waals surface area contributed by atoms with Gasteiger partial charge >= 0.3 is 12.4 Å². The van der Waals surface area contributed by atoms with Crippen molar-refractivity contribution in [1.82, 2.24) is 0 Å². The van der Waals surface area contributed by atoms with Crippen LogP contribution in [-0.2, 0) is 0 Å². The molecule has 0 bridgehead atoms. The van der Waals surface area contributed by atoms with Crippen LogP contribution in [0.3, 0.4) is 0 Å². The van der Waals surface area contributed by atoms with Gasteiger partial charge in [-0.25, -0.2) is 0 Å². The summed E-state index contributed by atoms with van der Waals surface area (Å²) in [6.45, 7) is 2.53. The maximum absolute atomic E-state index is 12.3. The van der Waals surface area contributed by atoms with Gasteiger partial charge in [0.15, 0.2) is 0 Å². The fourth-order valence-corrected chi connectivity index (χ4v) is 1.45. The van der Waals surface area contributed by atoms with E-state index in [4.69, 9.17) is 0 Å². The first-order valence-corrected chi connectivity index (χ1v) is 5.06.